The van der Waals surface area contributed by atoms with Crippen LogP contribution < -0.4 is 5.32 Å². The van der Waals surface area contributed by atoms with E-state index < -0.39 is 0 Å². The van der Waals surface area contributed by atoms with Gasteiger partial charge in [0.05, 0.1) is 17.5 Å². The molecule has 0 aromatic carbocycles. The molecule has 0 amide bonds. The second kappa shape index (κ2) is 6.75. The van der Waals surface area contributed by atoms with E-state index in [1.165, 1.54) is 0 Å². The van der Waals surface area contributed by atoms with Gasteiger partial charge in [0.25, 0.3) is 0 Å². The van der Waals surface area contributed by atoms with Crippen LogP contribution in [0, 0.1) is 5.92 Å². The molecule has 0 aliphatic carbocycles. The third-order valence-electron chi connectivity index (χ3n) is 2.86. The van der Waals surface area contributed by atoms with Crippen LogP contribution in [-0.4, -0.2) is 27.7 Å². The van der Waals surface area contributed by atoms with Crippen LogP contribution in [0.1, 0.15) is 19.5 Å². The van der Waals surface area contributed by atoms with Gasteiger partial charge in [-0.05, 0) is 18.1 Å². The fraction of sp³-hybridized carbons (Fsp3) is 0.429. The zero-order valence-corrected chi connectivity index (χ0v) is 12.0. The van der Waals surface area contributed by atoms with Crippen LogP contribution in [0.25, 0.3) is 10.7 Å². The Labute approximate surface area is 117 Å². The Morgan fingerprint density at radius 2 is 2.21 bits per heavy atom. The molecule has 0 saturated heterocycles. The molecule has 102 valence electrons. The molecule has 0 spiro atoms. The number of nitrogens with one attached hydrogen (secondary N) is 1. The van der Waals surface area contributed by atoms with Crippen molar-refractivity contribution in [1.82, 2.24) is 15.3 Å². The molecule has 0 radical (unpaired) electrons. The molecule has 19 heavy (non-hydrogen) atoms. The van der Waals surface area contributed by atoms with E-state index in [2.05, 4.69) is 15.3 Å². The quantitative estimate of drug-likeness (QED) is 0.850. The molecule has 0 aliphatic heterocycles. The van der Waals surface area contributed by atoms with E-state index in [4.69, 9.17) is 0 Å². The minimum atomic E-state index is -0.311. The second-order valence-corrected chi connectivity index (χ2v) is 5.66. The summed E-state index contributed by atoms with van der Waals surface area (Å²) in [5.41, 5.74) is 1.89. The fourth-order valence-electron chi connectivity index (χ4n) is 1.58. The van der Waals surface area contributed by atoms with Gasteiger partial charge in [0.1, 0.15) is 5.01 Å². The van der Waals surface area contributed by atoms with E-state index in [0.717, 1.165) is 16.4 Å². The average molecular weight is 277 g/mol. The number of pyridine rings is 1. The highest BCUT2D eigenvalue weighted by Gasteiger charge is 2.09. The molecular weight excluding hydrogens is 258 g/mol. The number of aliphatic hydroxyl groups is 1. The summed E-state index contributed by atoms with van der Waals surface area (Å²) < 4.78 is 0. The lowest BCUT2D eigenvalue weighted by Gasteiger charge is -2.14. The van der Waals surface area contributed by atoms with Crippen LogP contribution in [0.3, 0.4) is 0 Å². The molecule has 2 rings (SSSR count). The normalized spacial score (nSPS) is 12.8. The molecule has 0 saturated carbocycles. The van der Waals surface area contributed by atoms with Crippen molar-refractivity contribution in [3.8, 4) is 10.7 Å². The zero-order chi connectivity index (χ0) is 13.7. The second-order valence-electron chi connectivity index (χ2n) is 4.80. The smallest absolute Gasteiger partial charge is 0.142 e. The van der Waals surface area contributed by atoms with Gasteiger partial charge >= 0.3 is 0 Å². The molecule has 0 bridgehead atoms. The summed E-state index contributed by atoms with van der Waals surface area (Å²) in [7, 11) is 0. The van der Waals surface area contributed by atoms with E-state index in [9.17, 15) is 5.11 Å². The third-order valence-corrected chi connectivity index (χ3v) is 3.78. The van der Waals surface area contributed by atoms with Crippen LogP contribution in [-0.2, 0) is 6.54 Å². The van der Waals surface area contributed by atoms with Crippen molar-refractivity contribution in [2.45, 2.75) is 26.5 Å². The van der Waals surface area contributed by atoms with E-state index in [1.807, 2.05) is 37.4 Å². The van der Waals surface area contributed by atoms with Gasteiger partial charge in [-0.3, -0.25) is 4.98 Å². The molecule has 2 N–H and O–H groups in total. The number of hydrogen-bond acceptors (Lipinski definition) is 5. The molecule has 4 nitrogen and oxygen atoms in total. The first-order chi connectivity index (χ1) is 9.16. The third kappa shape index (κ3) is 4.09. The molecule has 0 aliphatic rings. The Morgan fingerprint density at radius 1 is 1.37 bits per heavy atom. The van der Waals surface area contributed by atoms with E-state index in [1.54, 1.807) is 17.5 Å². The van der Waals surface area contributed by atoms with Crippen LogP contribution in [0.15, 0.2) is 29.8 Å². The summed E-state index contributed by atoms with van der Waals surface area (Å²) in [6.45, 7) is 5.28. The Balaban J connectivity index is 1.88. The Morgan fingerprint density at radius 3 is 2.89 bits per heavy atom. The monoisotopic (exact) mass is 277 g/mol. The molecule has 2 heterocycles. The van der Waals surface area contributed by atoms with Gasteiger partial charge in [-0.1, -0.05) is 19.9 Å². The number of rotatable bonds is 6. The maximum Gasteiger partial charge on any atom is 0.142 e. The molecule has 2 aromatic heterocycles. The van der Waals surface area contributed by atoms with Gasteiger partial charge in [0, 0.05) is 24.7 Å². The highest BCUT2D eigenvalue weighted by Crippen LogP contribution is 2.21. The summed E-state index contributed by atoms with van der Waals surface area (Å²) in [4.78, 5) is 8.82. The van der Waals surface area contributed by atoms with Gasteiger partial charge in [-0.2, -0.15) is 0 Å². The lowest BCUT2D eigenvalue weighted by atomic mass is 10.1. The van der Waals surface area contributed by atoms with Crippen molar-refractivity contribution >= 4 is 11.3 Å². The molecule has 1 unspecified atom stereocenters. The highest BCUT2D eigenvalue weighted by molar-refractivity contribution is 7.13. The number of nitrogens with zero attached hydrogens (tertiary/aromatic N) is 2. The van der Waals surface area contributed by atoms with Crippen molar-refractivity contribution in [1.29, 1.82) is 0 Å². The first kappa shape index (κ1) is 14.1. The maximum absolute atomic E-state index is 9.70. The van der Waals surface area contributed by atoms with Gasteiger partial charge in [0.2, 0.25) is 0 Å². The number of thiazole rings is 1. The highest BCUT2D eigenvalue weighted by atomic mass is 32.1. The summed E-state index contributed by atoms with van der Waals surface area (Å²) in [5, 5.41) is 15.9. The molecule has 2 aromatic rings. The van der Waals surface area contributed by atoms with Crippen LogP contribution in [0.4, 0.5) is 0 Å². The van der Waals surface area contributed by atoms with Crippen LogP contribution >= 0.6 is 11.3 Å². The van der Waals surface area contributed by atoms with E-state index >= 15 is 0 Å². The summed E-state index contributed by atoms with van der Waals surface area (Å²) in [6, 6.07) is 5.81. The standard InChI is InChI=1S/C14H19N3OS/c1-10(2)13(18)8-15-7-11-9-19-14(17-11)12-5-3-4-6-16-12/h3-6,9-10,13,15,18H,7-8H2,1-2H3. The maximum atomic E-state index is 9.70. The number of hydrogen-bond donors (Lipinski definition) is 2. The predicted molar refractivity (Wildman–Crippen MR) is 77.9 cm³/mol. The summed E-state index contributed by atoms with van der Waals surface area (Å²) in [6.07, 6.45) is 1.46. The molecule has 5 heteroatoms. The Hall–Kier alpha value is -1.30. The van der Waals surface area contributed by atoms with Gasteiger partial charge < -0.3 is 10.4 Å². The van der Waals surface area contributed by atoms with Gasteiger partial charge in [-0.25, -0.2) is 4.98 Å². The van der Waals surface area contributed by atoms with E-state index in [0.29, 0.717) is 13.1 Å². The summed E-state index contributed by atoms with van der Waals surface area (Å²) in [5.74, 6) is 0.270. The van der Waals surface area contributed by atoms with Crippen molar-refractivity contribution in [3.63, 3.8) is 0 Å². The SMILES string of the molecule is CC(C)C(O)CNCc1csc(-c2ccccn2)n1. The van der Waals surface area contributed by atoms with Crippen LogP contribution in [0.5, 0.6) is 0 Å². The topological polar surface area (TPSA) is 58.0 Å². The first-order valence-electron chi connectivity index (χ1n) is 6.41. The zero-order valence-electron chi connectivity index (χ0n) is 11.2. The average Bonchev–Trinajstić information content (AvgIpc) is 2.88. The summed E-state index contributed by atoms with van der Waals surface area (Å²) >= 11 is 1.59. The molecule has 0 fully saturated rings. The largest absolute Gasteiger partial charge is 0.392 e. The van der Waals surface area contributed by atoms with E-state index in [-0.39, 0.29) is 12.0 Å². The number of aromatic nitrogens is 2. The Bertz CT molecular complexity index is 498. The van der Waals surface area contributed by atoms with Crippen LogP contribution in [0.2, 0.25) is 0 Å². The minimum absolute atomic E-state index is 0.270. The first-order valence-corrected chi connectivity index (χ1v) is 7.29. The number of aliphatic hydroxyl groups excluding tert-OH is 1. The molecular formula is C14H19N3OS. The van der Waals surface area contributed by atoms with Crippen molar-refractivity contribution in [2.75, 3.05) is 6.54 Å². The lowest BCUT2D eigenvalue weighted by molar-refractivity contribution is 0.123. The van der Waals surface area contributed by atoms with Crippen molar-refractivity contribution < 1.29 is 5.11 Å². The lowest BCUT2D eigenvalue weighted by Crippen LogP contribution is -2.30. The minimum Gasteiger partial charge on any atom is -0.392 e. The van der Waals surface area contributed by atoms with Crippen molar-refractivity contribution in [3.05, 3.63) is 35.5 Å². The van der Waals surface area contributed by atoms with Gasteiger partial charge in [0.15, 0.2) is 0 Å². The Kier molecular flexibility index (Phi) is 5.01. The predicted octanol–water partition coefficient (Wildman–Crippen LogP) is 2.31. The molecule has 1 atom stereocenters. The fourth-order valence-corrected chi connectivity index (χ4v) is 2.37. The van der Waals surface area contributed by atoms with Crippen molar-refractivity contribution in [2.24, 2.45) is 5.92 Å². The van der Waals surface area contributed by atoms with Gasteiger partial charge in [-0.15, -0.1) is 11.3 Å².